The summed E-state index contributed by atoms with van der Waals surface area (Å²) in [6.07, 6.45) is 2.00. The molecule has 0 aromatic heterocycles. The molecule has 3 rings (SSSR count). The number of anilines is 1. The number of sulfone groups is 1. The minimum atomic E-state index is -2.95. The van der Waals surface area contributed by atoms with E-state index >= 15 is 0 Å². The van der Waals surface area contributed by atoms with Crippen LogP contribution in [0, 0.1) is 6.92 Å². The topological polar surface area (TPSA) is 87.6 Å². The number of benzene rings is 1. The number of carbonyl (C=O) groups is 1. The van der Waals surface area contributed by atoms with Crippen molar-refractivity contribution in [1.82, 2.24) is 5.32 Å². The first-order valence-electron chi connectivity index (χ1n) is 8.48. The number of nitrogens with one attached hydrogen (secondary N) is 2. The molecule has 1 saturated heterocycles. The first-order chi connectivity index (χ1) is 11.9. The molecule has 136 valence electrons. The number of hydrogen-bond acceptors (Lipinski definition) is 6. The van der Waals surface area contributed by atoms with Crippen molar-refractivity contribution in [3.8, 4) is 0 Å². The third kappa shape index (κ3) is 4.36. The molecule has 6 nitrogen and oxygen atoms in total. The third-order valence-electron chi connectivity index (χ3n) is 4.38. The summed E-state index contributed by atoms with van der Waals surface area (Å²) >= 11 is 1.48. The van der Waals surface area contributed by atoms with Gasteiger partial charge < -0.3 is 10.6 Å². The number of aliphatic imine (C=N–C) groups is 1. The lowest BCUT2D eigenvalue weighted by Gasteiger charge is -2.12. The molecule has 25 heavy (non-hydrogen) atoms. The number of aryl methyl sites for hydroxylation is 1. The third-order valence-corrected chi connectivity index (χ3v) is 7.52. The maximum absolute atomic E-state index is 12.2. The molecule has 8 heteroatoms. The van der Waals surface area contributed by atoms with Crippen molar-refractivity contribution in [3.63, 3.8) is 0 Å². The zero-order valence-corrected chi connectivity index (χ0v) is 16.0. The molecule has 2 aliphatic rings. The van der Waals surface area contributed by atoms with Crippen LogP contribution >= 0.6 is 11.8 Å². The normalized spacial score (nSPS) is 23.8. The summed E-state index contributed by atoms with van der Waals surface area (Å²) in [7, 11) is -2.95. The van der Waals surface area contributed by atoms with Crippen molar-refractivity contribution < 1.29 is 13.2 Å². The molecular formula is C17H23N3O3S2. The van der Waals surface area contributed by atoms with Gasteiger partial charge in [0.05, 0.1) is 17.5 Å². The number of amides is 1. The quantitative estimate of drug-likeness (QED) is 0.764. The van der Waals surface area contributed by atoms with Gasteiger partial charge in [-0.3, -0.25) is 9.79 Å². The molecule has 2 aliphatic heterocycles. The molecule has 1 aromatic rings. The molecule has 1 fully saturated rings. The number of nitrogens with zero attached hydrogens (tertiary/aromatic N) is 1. The van der Waals surface area contributed by atoms with Gasteiger partial charge in [-0.05, 0) is 31.0 Å². The van der Waals surface area contributed by atoms with Crippen LogP contribution in [0.3, 0.4) is 0 Å². The van der Waals surface area contributed by atoms with Gasteiger partial charge in [0.25, 0.3) is 5.91 Å². The van der Waals surface area contributed by atoms with Gasteiger partial charge in [0.2, 0.25) is 0 Å². The second-order valence-corrected chi connectivity index (χ2v) is 9.88. The van der Waals surface area contributed by atoms with Crippen LogP contribution in [0.4, 0.5) is 5.69 Å². The fraction of sp³-hybridized carbons (Fsp3) is 0.529. The molecule has 1 aromatic carbocycles. The van der Waals surface area contributed by atoms with Crippen molar-refractivity contribution in [2.75, 3.05) is 23.4 Å². The smallest absolute Gasteiger partial charge is 0.251 e. The van der Waals surface area contributed by atoms with E-state index in [1.807, 2.05) is 25.1 Å². The van der Waals surface area contributed by atoms with Gasteiger partial charge in [0.15, 0.2) is 15.0 Å². The van der Waals surface area contributed by atoms with Crippen LogP contribution in [-0.4, -0.2) is 48.8 Å². The highest BCUT2D eigenvalue weighted by atomic mass is 32.2. The van der Waals surface area contributed by atoms with E-state index in [2.05, 4.69) is 22.5 Å². The average Bonchev–Trinajstić information content (AvgIpc) is 3.02. The van der Waals surface area contributed by atoms with Gasteiger partial charge in [0, 0.05) is 23.0 Å². The van der Waals surface area contributed by atoms with Gasteiger partial charge in [-0.2, -0.15) is 0 Å². The maximum Gasteiger partial charge on any atom is 0.251 e. The molecular weight excluding hydrogens is 358 g/mol. The predicted octanol–water partition coefficient (Wildman–Crippen LogP) is 2.21. The molecule has 0 aliphatic carbocycles. The number of rotatable bonds is 5. The number of carbonyl (C=O) groups excluding carboxylic acids is 1. The summed E-state index contributed by atoms with van der Waals surface area (Å²) in [5.41, 5.74) is 2.45. The van der Waals surface area contributed by atoms with Crippen LogP contribution in [0.2, 0.25) is 0 Å². The van der Waals surface area contributed by atoms with Gasteiger partial charge >= 0.3 is 0 Å². The first kappa shape index (κ1) is 18.3. The van der Waals surface area contributed by atoms with E-state index in [1.165, 1.54) is 11.8 Å². The minimum absolute atomic E-state index is 0.00771. The lowest BCUT2D eigenvalue weighted by atomic mass is 10.1. The molecule has 1 amide bonds. The summed E-state index contributed by atoms with van der Waals surface area (Å²) in [5, 5.41) is 6.92. The summed E-state index contributed by atoms with van der Waals surface area (Å²) in [6.45, 7) is 4.72. The lowest BCUT2D eigenvalue weighted by molar-refractivity contribution is 0.0953. The molecule has 0 radical (unpaired) electrons. The molecule has 2 N–H and O–H groups in total. The predicted molar refractivity (Wildman–Crippen MR) is 103 cm³/mol. The Kier molecular flexibility index (Phi) is 5.38. The van der Waals surface area contributed by atoms with Crippen LogP contribution in [0.5, 0.6) is 0 Å². The maximum atomic E-state index is 12.2. The van der Waals surface area contributed by atoms with Gasteiger partial charge in [-0.15, -0.1) is 0 Å². The Labute approximate surface area is 152 Å². The van der Waals surface area contributed by atoms with E-state index in [0.29, 0.717) is 12.1 Å². The van der Waals surface area contributed by atoms with E-state index < -0.39 is 9.84 Å². The van der Waals surface area contributed by atoms with Crippen molar-refractivity contribution >= 4 is 38.4 Å². The van der Waals surface area contributed by atoms with E-state index in [-0.39, 0.29) is 28.7 Å². The second-order valence-electron chi connectivity index (χ2n) is 6.50. The Morgan fingerprint density at radius 2 is 2.16 bits per heavy atom. The molecule has 0 bridgehead atoms. The number of fused-ring (bicyclic) bond motifs is 1. The Bertz CT molecular complexity index is 805. The number of amidine groups is 1. The highest BCUT2D eigenvalue weighted by Gasteiger charge is 2.42. The summed E-state index contributed by atoms with van der Waals surface area (Å²) in [6, 6.07) is 5.39. The van der Waals surface area contributed by atoms with Gasteiger partial charge in [-0.1, -0.05) is 31.2 Å². The van der Waals surface area contributed by atoms with E-state index in [1.54, 1.807) is 0 Å². The van der Waals surface area contributed by atoms with Crippen LogP contribution in [0.25, 0.3) is 0 Å². The van der Waals surface area contributed by atoms with Crippen molar-refractivity contribution in [2.45, 2.75) is 38.0 Å². The Balaban J connectivity index is 1.69. The van der Waals surface area contributed by atoms with Gasteiger partial charge in [0.1, 0.15) is 0 Å². The summed E-state index contributed by atoms with van der Waals surface area (Å²) in [4.78, 5) is 16.7. The SMILES string of the molecule is CCCCNC(=O)c1ccc(C)c(NC2=N[C@H]3CS(=O)(=O)C[C@@H]3S2)c1. The standard InChI is InChI=1S/C17H23N3O3S2/c1-3-4-7-18-16(21)12-6-5-11(2)13(8-12)19-17-20-14-9-25(22,23)10-15(14)24-17/h5-6,8,14-15H,3-4,7,9-10H2,1-2H3,(H,18,21)(H,19,20)/t14-,15-/m0/s1. The Hall–Kier alpha value is -1.54. The van der Waals surface area contributed by atoms with Crippen LogP contribution in [0.15, 0.2) is 23.2 Å². The lowest BCUT2D eigenvalue weighted by Crippen LogP contribution is -2.24. The first-order valence-corrected chi connectivity index (χ1v) is 11.2. The number of thioether (sulfide) groups is 1. The minimum Gasteiger partial charge on any atom is -0.352 e. The molecule has 0 spiro atoms. The van der Waals surface area contributed by atoms with Gasteiger partial charge in [-0.25, -0.2) is 8.42 Å². The second kappa shape index (κ2) is 7.37. The van der Waals surface area contributed by atoms with Crippen LogP contribution in [-0.2, 0) is 9.84 Å². The number of hydrogen-bond donors (Lipinski definition) is 2. The summed E-state index contributed by atoms with van der Waals surface area (Å²) < 4.78 is 23.3. The van der Waals surface area contributed by atoms with E-state index in [4.69, 9.17) is 0 Å². The summed E-state index contributed by atoms with van der Waals surface area (Å²) in [5.74, 6) is 0.241. The zero-order chi connectivity index (χ0) is 18.0. The fourth-order valence-electron chi connectivity index (χ4n) is 2.91. The van der Waals surface area contributed by atoms with Crippen molar-refractivity contribution in [3.05, 3.63) is 29.3 Å². The van der Waals surface area contributed by atoms with Crippen molar-refractivity contribution in [2.24, 2.45) is 4.99 Å². The Morgan fingerprint density at radius 1 is 1.36 bits per heavy atom. The Morgan fingerprint density at radius 3 is 2.88 bits per heavy atom. The molecule has 2 heterocycles. The highest BCUT2D eigenvalue weighted by Crippen LogP contribution is 2.35. The largest absolute Gasteiger partial charge is 0.352 e. The average molecular weight is 382 g/mol. The van der Waals surface area contributed by atoms with E-state index in [0.717, 1.165) is 29.3 Å². The van der Waals surface area contributed by atoms with E-state index in [9.17, 15) is 13.2 Å². The van der Waals surface area contributed by atoms with Crippen molar-refractivity contribution in [1.29, 1.82) is 0 Å². The molecule has 0 saturated carbocycles. The molecule has 0 unspecified atom stereocenters. The van der Waals surface area contributed by atoms with Crippen LogP contribution < -0.4 is 10.6 Å². The fourth-order valence-corrected chi connectivity index (χ4v) is 6.58. The molecule has 2 atom stereocenters. The highest BCUT2D eigenvalue weighted by molar-refractivity contribution is 8.15. The number of unbranched alkanes of at least 4 members (excludes halogenated alkanes) is 1. The zero-order valence-electron chi connectivity index (χ0n) is 14.4. The monoisotopic (exact) mass is 381 g/mol. The van der Waals surface area contributed by atoms with Crippen LogP contribution in [0.1, 0.15) is 35.7 Å².